The summed E-state index contributed by atoms with van der Waals surface area (Å²) in [5.74, 6) is -0.447. The number of hydrogen-bond donors (Lipinski definition) is 0. The van der Waals surface area contributed by atoms with Crippen molar-refractivity contribution in [3.63, 3.8) is 0 Å². The third kappa shape index (κ3) is 4.19. The number of rotatable bonds is 4. The maximum atomic E-state index is 12.8. The van der Waals surface area contributed by atoms with Gasteiger partial charge in [0.25, 0.3) is 0 Å². The van der Waals surface area contributed by atoms with Crippen LogP contribution in [0, 0.1) is 0 Å². The number of sulfonamides is 1. The second kappa shape index (κ2) is 7.94. The van der Waals surface area contributed by atoms with E-state index in [0.29, 0.717) is 18.2 Å². The summed E-state index contributed by atoms with van der Waals surface area (Å²) < 4.78 is 37.3. The summed E-state index contributed by atoms with van der Waals surface area (Å²) in [6.07, 6.45) is 0. The van der Waals surface area contributed by atoms with E-state index in [-0.39, 0.29) is 34.3 Å². The first-order chi connectivity index (χ1) is 12.4. The monoisotopic (exact) mass is 415 g/mol. The van der Waals surface area contributed by atoms with Crippen molar-refractivity contribution in [2.24, 2.45) is 0 Å². The van der Waals surface area contributed by atoms with Gasteiger partial charge < -0.3 is 9.47 Å². The van der Waals surface area contributed by atoms with E-state index in [0.717, 1.165) is 0 Å². The number of carbonyl (C=O) groups excluding carboxylic acids is 1. The van der Waals surface area contributed by atoms with E-state index in [9.17, 15) is 13.2 Å². The molecule has 6 nitrogen and oxygen atoms in total. The van der Waals surface area contributed by atoms with Crippen LogP contribution in [0.2, 0.25) is 10.0 Å². The van der Waals surface area contributed by atoms with Crippen molar-refractivity contribution in [3.05, 3.63) is 58.1 Å². The summed E-state index contributed by atoms with van der Waals surface area (Å²) >= 11 is 11.9. The lowest BCUT2D eigenvalue weighted by Crippen LogP contribution is -2.40. The second-order valence-electron chi connectivity index (χ2n) is 5.51. The number of carbonyl (C=O) groups is 1. The van der Waals surface area contributed by atoms with E-state index < -0.39 is 16.0 Å². The Hall–Kier alpha value is -1.64. The summed E-state index contributed by atoms with van der Waals surface area (Å²) in [6.45, 7) is 1.09. The van der Waals surface area contributed by atoms with Gasteiger partial charge in [0.1, 0.15) is 10.6 Å². The van der Waals surface area contributed by atoms with Gasteiger partial charge in [-0.3, -0.25) is 0 Å². The Morgan fingerprint density at radius 1 is 1.08 bits per heavy atom. The Morgan fingerprint density at radius 3 is 2.50 bits per heavy atom. The molecule has 0 amide bonds. The van der Waals surface area contributed by atoms with Crippen molar-refractivity contribution in [1.29, 1.82) is 0 Å². The molecule has 2 aromatic carbocycles. The molecule has 0 unspecified atom stereocenters. The predicted octanol–water partition coefficient (Wildman–Crippen LogP) is 3.23. The molecule has 0 saturated carbocycles. The van der Waals surface area contributed by atoms with E-state index in [1.165, 1.54) is 28.6 Å². The van der Waals surface area contributed by atoms with E-state index >= 15 is 0 Å². The summed E-state index contributed by atoms with van der Waals surface area (Å²) in [5.41, 5.74) is 0.0706. The lowest BCUT2D eigenvalue weighted by Gasteiger charge is -2.26. The zero-order valence-electron chi connectivity index (χ0n) is 13.5. The van der Waals surface area contributed by atoms with Crippen molar-refractivity contribution in [2.75, 3.05) is 26.3 Å². The molecule has 9 heteroatoms. The molecule has 0 spiro atoms. The zero-order valence-corrected chi connectivity index (χ0v) is 15.9. The topological polar surface area (TPSA) is 72.9 Å². The SMILES string of the molecule is O=C(Oc1cccc(Cl)c1)c1ccc(Cl)c(S(=O)(=O)N2CCOCC2)c1. The largest absolute Gasteiger partial charge is 0.423 e. The first-order valence-electron chi connectivity index (χ1n) is 7.73. The molecule has 138 valence electrons. The molecule has 2 aromatic rings. The van der Waals surface area contributed by atoms with Gasteiger partial charge >= 0.3 is 5.97 Å². The van der Waals surface area contributed by atoms with Crippen LogP contribution >= 0.6 is 23.2 Å². The van der Waals surface area contributed by atoms with Crippen LogP contribution in [-0.4, -0.2) is 45.0 Å². The molecule has 1 aliphatic heterocycles. The Labute approximate surface area is 161 Å². The normalized spacial score (nSPS) is 15.6. The predicted molar refractivity (Wildman–Crippen MR) is 97.4 cm³/mol. The average molecular weight is 416 g/mol. The van der Waals surface area contributed by atoms with E-state index in [4.69, 9.17) is 32.7 Å². The van der Waals surface area contributed by atoms with Crippen LogP contribution in [0.5, 0.6) is 5.75 Å². The first-order valence-corrected chi connectivity index (χ1v) is 9.93. The molecule has 0 aromatic heterocycles. The van der Waals surface area contributed by atoms with Crippen molar-refractivity contribution < 1.29 is 22.7 Å². The average Bonchev–Trinajstić information content (AvgIpc) is 2.62. The highest BCUT2D eigenvalue weighted by Crippen LogP contribution is 2.27. The minimum Gasteiger partial charge on any atom is -0.423 e. The molecule has 3 rings (SSSR count). The number of ether oxygens (including phenoxy) is 2. The Kier molecular flexibility index (Phi) is 5.84. The van der Waals surface area contributed by atoms with Crippen LogP contribution in [0.3, 0.4) is 0 Å². The van der Waals surface area contributed by atoms with Gasteiger partial charge in [0.2, 0.25) is 10.0 Å². The minimum atomic E-state index is -3.84. The van der Waals surface area contributed by atoms with Gasteiger partial charge in [-0.15, -0.1) is 0 Å². The summed E-state index contributed by atoms with van der Waals surface area (Å²) in [6, 6.07) is 10.3. The second-order valence-corrected chi connectivity index (χ2v) is 8.26. The highest BCUT2D eigenvalue weighted by atomic mass is 35.5. The highest BCUT2D eigenvalue weighted by molar-refractivity contribution is 7.89. The number of nitrogens with zero attached hydrogens (tertiary/aromatic N) is 1. The fourth-order valence-corrected chi connectivity index (χ4v) is 4.54. The van der Waals surface area contributed by atoms with Gasteiger partial charge in [0.15, 0.2) is 0 Å². The van der Waals surface area contributed by atoms with Crippen LogP contribution in [0.25, 0.3) is 0 Å². The Morgan fingerprint density at radius 2 is 1.81 bits per heavy atom. The molecular formula is C17H15Cl2NO5S. The quantitative estimate of drug-likeness (QED) is 0.565. The minimum absolute atomic E-state index is 0.0378. The lowest BCUT2D eigenvalue weighted by molar-refractivity contribution is 0.0727. The number of benzene rings is 2. The van der Waals surface area contributed by atoms with Gasteiger partial charge in [-0.2, -0.15) is 4.31 Å². The van der Waals surface area contributed by atoms with Crippen molar-refractivity contribution in [3.8, 4) is 5.75 Å². The highest BCUT2D eigenvalue weighted by Gasteiger charge is 2.29. The molecule has 0 radical (unpaired) electrons. The Bertz CT molecular complexity index is 927. The molecule has 1 heterocycles. The van der Waals surface area contributed by atoms with Crippen LogP contribution in [-0.2, 0) is 14.8 Å². The lowest BCUT2D eigenvalue weighted by atomic mass is 10.2. The molecule has 1 fully saturated rings. The number of halogens is 2. The van der Waals surface area contributed by atoms with E-state index in [2.05, 4.69) is 0 Å². The van der Waals surface area contributed by atoms with Crippen LogP contribution in [0.4, 0.5) is 0 Å². The third-order valence-electron chi connectivity index (χ3n) is 3.76. The fourth-order valence-electron chi connectivity index (χ4n) is 2.45. The first kappa shape index (κ1) is 19.1. The maximum Gasteiger partial charge on any atom is 0.343 e. The molecule has 0 N–H and O–H groups in total. The maximum absolute atomic E-state index is 12.8. The van der Waals surface area contributed by atoms with Crippen LogP contribution < -0.4 is 4.74 Å². The van der Waals surface area contributed by atoms with Crippen molar-refractivity contribution in [1.82, 2.24) is 4.31 Å². The smallest absolute Gasteiger partial charge is 0.343 e. The Balaban J connectivity index is 1.88. The van der Waals surface area contributed by atoms with Gasteiger partial charge in [0.05, 0.1) is 23.8 Å². The summed E-state index contributed by atoms with van der Waals surface area (Å²) in [7, 11) is -3.84. The van der Waals surface area contributed by atoms with Gasteiger partial charge in [-0.1, -0.05) is 29.3 Å². The fraction of sp³-hybridized carbons (Fsp3) is 0.235. The van der Waals surface area contributed by atoms with E-state index in [1.54, 1.807) is 18.2 Å². The van der Waals surface area contributed by atoms with Crippen molar-refractivity contribution >= 4 is 39.2 Å². The molecule has 26 heavy (non-hydrogen) atoms. The molecule has 1 saturated heterocycles. The summed E-state index contributed by atoms with van der Waals surface area (Å²) in [5, 5.41) is 0.456. The summed E-state index contributed by atoms with van der Waals surface area (Å²) in [4.78, 5) is 12.2. The number of esters is 1. The van der Waals surface area contributed by atoms with Crippen molar-refractivity contribution in [2.45, 2.75) is 4.90 Å². The van der Waals surface area contributed by atoms with Gasteiger partial charge in [-0.25, -0.2) is 13.2 Å². The molecule has 0 bridgehead atoms. The molecule has 0 atom stereocenters. The zero-order chi connectivity index (χ0) is 18.7. The van der Waals surface area contributed by atoms with Gasteiger partial charge in [0, 0.05) is 18.1 Å². The molecule has 0 aliphatic carbocycles. The molecule has 1 aliphatic rings. The van der Waals surface area contributed by atoms with Crippen LogP contribution in [0.1, 0.15) is 10.4 Å². The number of hydrogen-bond acceptors (Lipinski definition) is 5. The molecular weight excluding hydrogens is 401 g/mol. The standard InChI is InChI=1S/C17H15Cl2NO5S/c18-13-2-1-3-14(11-13)25-17(21)12-4-5-15(19)16(10-12)26(22,23)20-6-8-24-9-7-20/h1-5,10-11H,6-9H2. The number of morpholine rings is 1. The third-order valence-corrected chi connectivity index (χ3v) is 6.38. The van der Waals surface area contributed by atoms with Crippen LogP contribution in [0.15, 0.2) is 47.4 Å². The van der Waals surface area contributed by atoms with E-state index in [1.807, 2.05) is 0 Å². The van der Waals surface area contributed by atoms with Gasteiger partial charge in [-0.05, 0) is 36.4 Å².